The number of hydrogen-bond acceptors (Lipinski definition) is 3. The summed E-state index contributed by atoms with van der Waals surface area (Å²) in [5.74, 6) is 0.796. The van der Waals surface area contributed by atoms with E-state index in [1.165, 1.54) is 12.8 Å². The third-order valence-electron chi connectivity index (χ3n) is 3.67. The highest BCUT2D eigenvalue weighted by molar-refractivity contribution is 5.66. The first-order valence-corrected chi connectivity index (χ1v) is 6.44. The summed E-state index contributed by atoms with van der Waals surface area (Å²) < 4.78 is 0. The molecule has 1 aliphatic carbocycles. The molecule has 0 aliphatic heterocycles. The fourth-order valence-electron chi connectivity index (χ4n) is 2.50. The predicted molar refractivity (Wildman–Crippen MR) is 70.9 cm³/mol. The van der Waals surface area contributed by atoms with Crippen LogP contribution in [0.5, 0.6) is 0 Å². The van der Waals surface area contributed by atoms with Gasteiger partial charge in [0.25, 0.3) is 0 Å². The van der Waals surface area contributed by atoms with Crippen molar-refractivity contribution < 1.29 is 0 Å². The first kappa shape index (κ1) is 12.5. The molecule has 0 saturated heterocycles. The molecule has 2 rings (SSSR count). The van der Waals surface area contributed by atoms with Crippen molar-refractivity contribution in [3.8, 4) is 12.1 Å². The second-order valence-corrected chi connectivity index (χ2v) is 5.05. The van der Waals surface area contributed by atoms with Crippen molar-refractivity contribution in [1.82, 2.24) is 0 Å². The van der Waals surface area contributed by atoms with Gasteiger partial charge >= 0.3 is 0 Å². The fourth-order valence-corrected chi connectivity index (χ4v) is 2.50. The molecule has 1 fully saturated rings. The van der Waals surface area contributed by atoms with Crippen LogP contribution in [0.2, 0.25) is 0 Å². The van der Waals surface area contributed by atoms with Gasteiger partial charge in [-0.25, -0.2) is 0 Å². The second kappa shape index (κ2) is 5.56. The van der Waals surface area contributed by atoms with Gasteiger partial charge in [-0.3, -0.25) is 0 Å². The predicted octanol–water partition coefficient (Wildman–Crippen LogP) is 3.42. The maximum atomic E-state index is 9.11. The van der Waals surface area contributed by atoms with E-state index in [1.807, 2.05) is 0 Å². The fraction of sp³-hybridized carbons (Fsp3) is 0.467. The Bertz CT molecular complexity index is 467. The molecule has 0 heterocycles. The van der Waals surface area contributed by atoms with Crippen molar-refractivity contribution in [2.45, 2.75) is 38.6 Å². The lowest BCUT2D eigenvalue weighted by atomic mass is 9.87. The van der Waals surface area contributed by atoms with Gasteiger partial charge < -0.3 is 5.32 Å². The van der Waals surface area contributed by atoms with E-state index < -0.39 is 0 Å². The Labute approximate surface area is 108 Å². The molecule has 3 heteroatoms. The van der Waals surface area contributed by atoms with E-state index in [0.717, 1.165) is 18.8 Å². The lowest BCUT2D eigenvalue weighted by Gasteiger charge is -2.28. The number of anilines is 1. The number of benzene rings is 1. The quantitative estimate of drug-likeness (QED) is 0.860. The van der Waals surface area contributed by atoms with E-state index in [9.17, 15) is 0 Å². The number of rotatable bonds is 2. The summed E-state index contributed by atoms with van der Waals surface area (Å²) in [5, 5.41) is 21.6. The molecule has 1 aromatic carbocycles. The summed E-state index contributed by atoms with van der Waals surface area (Å²) >= 11 is 0. The Morgan fingerprint density at radius 2 is 1.61 bits per heavy atom. The highest BCUT2D eigenvalue weighted by atomic mass is 14.9. The summed E-state index contributed by atoms with van der Waals surface area (Å²) in [5.41, 5.74) is 1.84. The van der Waals surface area contributed by atoms with Crippen LogP contribution in [-0.4, -0.2) is 6.04 Å². The molecular formula is C15H17N3. The van der Waals surface area contributed by atoms with Crippen LogP contribution in [0.3, 0.4) is 0 Å². The van der Waals surface area contributed by atoms with Crippen LogP contribution < -0.4 is 5.32 Å². The van der Waals surface area contributed by atoms with Crippen LogP contribution in [0.1, 0.15) is 43.7 Å². The highest BCUT2D eigenvalue weighted by Crippen LogP contribution is 2.28. The topological polar surface area (TPSA) is 59.6 Å². The molecule has 1 aromatic rings. The monoisotopic (exact) mass is 239 g/mol. The van der Waals surface area contributed by atoms with Crippen LogP contribution in [0.15, 0.2) is 18.2 Å². The zero-order chi connectivity index (χ0) is 13.0. The molecule has 1 N–H and O–H groups in total. The average molecular weight is 239 g/mol. The van der Waals surface area contributed by atoms with E-state index in [4.69, 9.17) is 10.5 Å². The first-order valence-electron chi connectivity index (χ1n) is 6.44. The molecule has 1 aliphatic rings. The van der Waals surface area contributed by atoms with Gasteiger partial charge in [-0.05, 0) is 43.7 Å². The van der Waals surface area contributed by atoms with Crippen molar-refractivity contribution >= 4 is 5.69 Å². The summed E-state index contributed by atoms with van der Waals surface area (Å²) in [6, 6.07) is 9.97. The van der Waals surface area contributed by atoms with E-state index in [-0.39, 0.29) is 0 Å². The number of nitriles is 2. The molecule has 3 nitrogen and oxygen atoms in total. The largest absolute Gasteiger partial charge is 0.380 e. The zero-order valence-corrected chi connectivity index (χ0v) is 10.6. The van der Waals surface area contributed by atoms with Gasteiger partial charge in [0, 0.05) is 6.04 Å². The minimum atomic E-state index is 0.391. The minimum absolute atomic E-state index is 0.391. The van der Waals surface area contributed by atoms with Gasteiger partial charge in [0.2, 0.25) is 0 Å². The molecule has 18 heavy (non-hydrogen) atoms. The van der Waals surface area contributed by atoms with Gasteiger partial charge in [-0.2, -0.15) is 10.5 Å². The van der Waals surface area contributed by atoms with Crippen molar-refractivity contribution in [2.24, 2.45) is 5.92 Å². The number of nitrogens with zero attached hydrogens (tertiary/aromatic N) is 2. The number of nitrogens with one attached hydrogen (secondary N) is 1. The van der Waals surface area contributed by atoms with E-state index in [1.54, 1.807) is 18.2 Å². The van der Waals surface area contributed by atoms with Crippen LogP contribution in [-0.2, 0) is 0 Å². The second-order valence-electron chi connectivity index (χ2n) is 5.05. The lowest BCUT2D eigenvalue weighted by molar-refractivity contribution is 0.361. The normalized spacial score (nSPS) is 22.8. The molecule has 0 spiro atoms. The van der Waals surface area contributed by atoms with Crippen LogP contribution in [0, 0.1) is 28.6 Å². The summed E-state index contributed by atoms with van der Waals surface area (Å²) in [4.78, 5) is 0. The molecule has 0 bridgehead atoms. The zero-order valence-electron chi connectivity index (χ0n) is 10.6. The molecule has 0 radical (unpaired) electrons. The Morgan fingerprint density at radius 3 is 2.11 bits per heavy atom. The summed E-state index contributed by atoms with van der Waals surface area (Å²) in [6.07, 6.45) is 4.67. The van der Waals surface area contributed by atoms with Crippen molar-refractivity contribution in [3.63, 3.8) is 0 Å². The first-order chi connectivity index (χ1) is 8.74. The summed E-state index contributed by atoms with van der Waals surface area (Å²) in [7, 11) is 0. The van der Waals surface area contributed by atoms with Crippen LogP contribution in [0.4, 0.5) is 5.69 Å². The Balaban J connectivity index is 2.19. The SMILES string of the molecule is CC1CCC(Nc2c(C#N)cccc2C#N)CC1. The molecule has 0 aromatic heterocycles. The van der Waals surface area contributed by atoms with Gasteiger partial charge in [0.15, 0.2) is 0 Å². The molecule has 92 valence electrons. The van der Waals surface area contributed by atoms with Gasteiger partial charge in [0.1, 0.15) is 12.1 Å². The standard InChI is InChI=1S/C15H17N3/c1-11-5-7-14(8-6-11)18-15-12(9-16)3-2-4-13(15)10-17/h2-4,11,14,18H,5-8H2,1H3. The van der Waals surface area contributed by atoms with E-state index in [0.29, 0.717) is 22.9 Å². The van der Waals surface area contributed by atoms with Gasteiger partial charge in [-0.1, -0.05) is 13.0 Å². The van der Waals surface area contributed by atoms with Crippen LogP contribution in [0.25, 0.3) is 0 Å². The van der Waals surface area contributed by atoms with Gasteiger partial charge in [0.05, 0.1) is 16.8 Å². The Kier molecular flexibility index (Phi) is 3.85. The van der Waals surface area contributed by atoms with E-state index in [2.05, 4.69) is 24.4 Å². The number of hydrogen-bond donors (Lipinski definition) is 1. The maximum absolute atomic E-state index is 9.11. The Hall–Kier alpha value is -2.00. The lowest BCUT2D eigenvalue weighted by Crippen LogP contribution is -2.26. The highest BCUT2D eigenvalue weighted by Gasteiger charge is 2.20. The number of para-hydroxylation sites is 1. The third-order valence-corrected chi connectivity index (χ3v) is 3.67. The smallest absolute Gasteiger partial charge is 0.101 e. The third kappa shape index (κ3) is 2.63. The summed E-state index contributed by atoms with van der Waals surface area (Å²) in [6.45, 7) is 2.28. The van der Waals surface area contributed by atoms with Gasteiger partial charge in [-0.15, -0.1) is 0 Å². The maximum Gasteiger partial charge on any atom is 0.101 e. The molecular weight excluding hydrogens is 222 g/mol. The van der Waals surface area contributed by atoms with Crippen molar-refractivity contribution in [2.75, 3.05) is 5.32 Å². The molecule has 0 amide bonds. The minimum Gasteiger partial charge on any atom is -0.380 e. The van der Waals surface area contributed by atoms with Crippen LogP contribution >= 0.6 is 0 Å². The molecule has 0 atom stereocenters. The van der Waals surface area contributed by atoms with Crippen molar-refractivity contribution in [1.29, 1.82) is 10.5 Å². The average Bonchev–Trinajstić information content (AvgIpc) is 2.41. The van der Waals surface area contributed by atoms with Crippen molar-refractivity contribution in [3.05, 3.63) is 29.3 Å². The molecule has 1 saturated carbocycles. The molecule has 0 unspecified atom stereocenters. The Morgan fingerprint density at radius 1 is 1.06 bits per heavy atom. The van der Waals surface area contributed by atoms with E-state index >= 15 is 0 Å².